The van der Waals surface area contributed by atoms with Crippen molar-refractivity contribution in [2.45, 2.75) is 6.42 Å². The van der Waals surface area contributed by atoms with E-state index in [1.54, 1.807) is 24.4 Å². The van der Waals surface area contributed by atoms with Crippen LogP contribution in [0.4, 0.5) is 5.13 Å². The van der Waals surface area contributed by atoms with E-state index in [-0.39, 0.29) is 12.5 Å². The maximum Gasteiger partial charge on any atom is 0.264 e. The number of carbonyl (C=O) groups is 2. The van der Waals surface area contributed by atoms with E-state index in [0.717, 1.165) is 15.8 Å². The van der Waals surface area contributed by atoms with Gasteiger partial charge in [-0.25, -0.2) is 4.98 Å². The van der Waals surface area contributed by atoms with E-state index in [1.807, 2.05) is 24.3 Å². The quantitative estimate of drug-likeness (QED) is 0.506. The fourth-order valence-corrected chi connectivity index (χ4v) is 3.55. The number of carbonyl (C=O) groups excluding carboxylic acids is 2. The Labute approximate surface area is 174 Å². The summed E-state index contributed by atoms with van der Waals surface area (Å²) >= 11 is 4.84. The lowest BCUT2D eigenvalue weighted by atomic mass is 10.1. The Hall–Kier alpha value is -2.71. The van der Waals surface area contributed by atoms with E-state index in [4.69, 9.17) is 9.47 Å². The van der Waals surface area contributed by atoms with Crippen LogP contribution in [0.1, 0.15) is 20.8 Å². The number of amides is 1. The zero-order valence-electron chi connectivity index (χ0n) is 15.0. The van der Waals surface area contributed by atoms with Crippen LogP contribution >= 0.6 is 27.3 Å². The van der Waals surface area contributed by atoms with E-state index >= 15 is 0 Å². The van der Waals surface area contributed by atoms with Crippen LogP contribution in [0.15, 0.2) is 53.1 Å². The molecule has 0 aliphatic carbocycles. The van der Waals surface area contributed by atoms with Crippen molar-refractivity contribution < 1.29 is 19.1 Å². The molecule has 1 heterocycles. The highest BCUT2D eigenvalue weighted by Gasteiger charge is 2.11. The van der Waals surface area contributed by atoms with Crippen LogP contribution in [-0.4, -0.2) is 30.9 Å². The topological polar surface area (TPSA) is 77.5 Å². The van der Waals surface area contributed by atoms with E-state index in [0.29, 0.717) is 28.5 Å². The molecule has 28 heavy (non-hydrogen) atoms. The van der Waals surface area contributed by atoms with Crippen LogP contribution in [0.3, 0.4) is 0 Å². The second-order valence-corrected chi connectivity index (χ2v) is 7.83. The van der Waals surface area contributed by atoms with Crippen LogP contribution in [0.25, 0.3) is 0 Å². The van der Waals surface area contributed by atoms with Crippen LogP contribution in [0, 0.1) is 0 Å². The Balaban J connectivity index is 1.55. The van der Waals surface area contributed by atoms with E-state index in [9.17, 15) is 9.59 Å². The summed E-state index contributed by atoms with van der Waals surface area (Å²) in [6.07, 6.45) is 3.22. The van der Waals surface area contributed by atoms with Crippen molar-refractivity contribution in [3.8, 4) is 11.5 Å². The van der Waals surface area contributed by atoms with Gasteiger partial charge in [-0.1, -0.05) is 28.1 Å². The van der Waals surface area contributed by atoms with Gasteiger partial charge < -0.3 is 9.47 Å². The van der Waals surface area contributed by atoms with Gasteiger partial charge in [0.2, 0.25) is 0 Å². The van der Waals surface area contributed by atoms with E-state index < -0.39 is 0 Å². The molecule has 0 bridgehead atoms. The number of benzene rings is 2. The minimum absolute atomic E-state index is 0.196. The third-order valence-corrected chi connectivity index (χ3v) is 5.22. The Bertz CT molecular complexity index is 973. The Morgan fingerprint density at radius 1 is 1.21 bits per heavy atom. The van der Waals surface area contributed by atoms with Gasteiger partial charge in [0.05, 0.1) is 7.11 Å². The second kappa shape index (κ2) is 9.48. The first kappa shape index (κ1) is 20.0. The van der Waals surface area contributed by atoms with Gasteiger partial charge in [-0.2, -0.15) is 0 Å². The van der Waals surface area contributed by atoms with Crippen molar-refractivity contribution in [2.75, 3.05) is 19.0 Å². The normalized spacial score (nSPS) is 10.4. The van der Waals surface area contributed by atoms with Gasteiger partial charge in [0.25, 0.3) is 5.91 Å². The molecule has 1 N–H and O–H groups in total. The Kier molecular flexibility index (Phi) is 6.78. The monoisotopic (exact) mass is 460 g/mol. The number of halogens is 1. The molecule has 0 unspecified atom stereocenters. The Morgan fingerprint density at radius 3 is 2.71 bits per heavy atom. The van der Waals surface area contributed by atoms with Gasteiger partial charge in [-0.15, -0.1) is 11.3 Å². The number of aldehydes is 1. The molecule has 0 radical (unpaired) electrons. The summed E-state index contributed by atoms with van der Waals surface area (Å²) in [6.45, 7) is -0.196. The predicted octanol–water partition coefficient (Wildman–Crippen LogP) is 4.34. The zero-order chi connectivity index (χ0) is 19.9. The lowest BCUT2D eigenvalue weighted by Gasteiger charge is -2.10. The SMILES string of the molecule is COc1cc(C=O)ccc1OCC(=O)Nc1ncc(Cc2ccc(Br)cc2)s1. The molecule has 0 saturated carbocycles. The average molecular weight is 461 g/mol. The first-order chi connectivity index (χ1) is 13.6. The van der Waals surface area contributed by atoms with Crippen LogP contribution in [-0.2, 0) is 11.2 Å². The molecule has 3 rings (SSSR count). The molecule has 8 heteroatoms. The zero-order valence-corrected chi connectivity index (χ0v) is 17.4. The molecule has 3 aromatic rings. The number of anilines is 1. The molecule has 144 valence electrons. The van der Waals surface area contributed by atoms with Gasteiger partial charge in [0.15, 0.2) is 23.2 Å². The van der Waals surface area contributed by atoms with Crippen molar-refractivity contribution in [3.05, 3.63) is 69.1 Å². The van der Waals surface area contributed by atoms with E-state index in [1.165, 1.54) is 24.0 Å². The van der Waals surface area contributed by atoms with Gasteiger partial charge >= 0.3 is 0 Å². The molecule has 0 spiro atoms. The third kappa shape index (κ3) is 5.40. The number of methoxy groups -OCH3 is 1. The number of hydrogen-bond acceptors (Lipinski definition) is 6. The van der Waals surface area contributed by atoms with Crippen molar-refractivity contribution in [2.24, 2.45) is 0 Å². The average Bonchev–Trinajstić information content (AvgIpc) is 3.14. The lowest BCUT2D eigenvalue weighted by molar-refractivity contribution is -0.118. The molecule has 6 nitrogen and oxygen atoms in total. The summed E-state index contributed by atoms with van der Waals surface area (Å²) < 4.78 is 11.7. The van der Waals surface area contributed by atoms with Crippen LogP contribution in [0.5, 0.6) is 11.5 Å². The first-order valence-electron chi connectivity index (χ1n) is 8.32. The van der Waals surface area contributed by atoms with Crippen molar-refractivity contribution in [3.63, 3.8) is 0 Å². The molecular formula is C20H17BrN2O4S. The van der Waals surface area contributed by atoms with E-state index in [2.05, 4.69) is 26.2 Å². The maximum absolute atomic E-state index is 12.1. The van der Waals surface area contributed by atoms with Crippen molar-refractivity contribution in [1.29, 1.82) is 0 Å². The standard InChI is InChI=1S/C20H17BrN2O4S/c1-26-18-9-14(11-24)4-7-17(18)27-12-19(25)23-20-22-10-16(28-20)8-13-2-5-15(21)6-3-13/h2-7,9-11H,8,12H2,1H3,(H,22,23,25). The summed E-state index contributed by atoms with van der Waals surface area (Å²) in [4.78, 5) is 28.2. The number of rotatable bonds is 8. The Morgan fingerprint density at radius 2 is 2.00 bits per heavy atom. The van der Waals surface area contributed by atoms with Gasteiger partial charge in [-0.05, 0) is 35.9 Å². The summed E-state index contributed by atoms with van der Waals surface area (Å²) in [7, 11) is 1.47. The third-order valence-electron chi connectivity index (χ3n) is 3.77. The first-order valence-corrected chi connectivity index (χ1v) is 9.93. The molecule has 1 amide bonds. The molecule has 0 saturated heterocycles. The molecule has 1 aromatic heterocycles. The highest BCUT2D eigenvalue weighted by Crippen LogP contribution is 2.27. The fraction of sp³-hybridized carbons (Fsp3) is 0.150. The summed E-state index contributed by atoms with van der Waals surface area (Å²) in [5.41, 5.74) is 1.63. The minimum atomic E-state index is -0.328. The lowest BCUT2D eigenvalue weighted by Crippen LogP contribution is -2.20. The van der Waals surface area contributed by atoms with Crippen LogP contribution in [0.2, 0.25) is 0 Å². The molecule has 0 aliphatic rings. The number of aromatic nitrogens is 1. The van der Waals surface area contributed by atoms with Crippen molar-refractivity contribution in [1.82, 2.24) is 4.98 Å². The highest BCUT2D eigenvalue weighted by molar-refractivity contribution is 9.10. The second-order valence-electron chi connectivity index (χ2n) is 5.80. The van der Waals surface area contributed by atoms with Crippen LogP contribution < -0.4 is 14.8 Å². The van der Waals surface area contributed by atoms with Crippen molar-refractivity contribution >= 4 is 44.6 Å². The number of ether oxygens (including phenoxy) is 2. The smallest absolute Gasteiger partial charge is 0.264 e. The molecule has 2 aromatic carbocycles. The predicted molar refractivity (Wildman–Crippen MR) is 112 cm³/mol. The maximum atomic E-state index is 12.1. The van der Waals surface area contributed by atoms with Gasteiger partial charge in [-0.3, -0.25) is 14.9 Å². The minimum Gasteiger partial charge on any atom is -0.493 e. The fourth-order valence-electron chi connectivity index (χ4n) is 2.43. The molecular weight excluding hydrogens is 444 g/mol. The summed E-state index contributed by atoms with van der Waals surface area (Å²) in [5, 5.41) is 3.24. The van der Waals surface area contributed by atoms with Gasteiger partial charge in [0, 0.05) is 27.5 Å². The molecule has 0 aliphatic heterocycles. The number of nitrogens with one attached hydrogen (secondary N) is 1. The number of hydrogen-bond donors (Lipinski definition) is 1. The largest absolute Gasteiger partial charge is 0.493 e. The van der Waals surface area contributed by atoms with Gasteiger partial charge in [0.1, 0.15) is 6.29 Å². The number of nitrogens with zero attached hydrogens (tertiary/aromatic N) is 1. The summed E-state index contributed by atoms with van der Waals surface area (Å²) in [6, 6.07) is 12.8. The molecule has 0 atom stereocenters. The summed E-state index contributed by atoms with van der Waals surface area (Å²) in [5.74, 6) is 0.452. The number of thiazole rings is 1. The highest BCUT2D eigenvalue weighted by atomic mass is 79.9. The molecule has 0 fully saturated rings.